The number of pyridine rings is 1. The van der Waals surface area contributed by atoms with E-state index in [4.69, 9.17) is 4.74 Å². The zero-order valence-corrected chi connectivity index (χ0v) is 11.2. The highest BCUT2D eigenvalue weighted by atomic mass is 16.6. The maximum Gasteiger partial charge on any atom is 0.419 e. The average Bonchev–Trinajstić information content (AvgIpc) is 2.64. The summed E-state index contributed by atoms with van der Waals surface area (Å²) in [5, 5.41) is 0.959. The minimum Gasteiger partial charge on any atom is -0.443 e. The van der Waals surface area contributed by atoms with Crippen LogP contribution < -0.4 is 0 Å². The van der Waals surface area contributed by atoms with E-state index in [9.17, 15) is 4.79 Å². The van der Waals surface area contributed by atoms with Gasteiger partial charge in [-0.1, -0.05) is 6.92 Å². The molecule has 0 N–H and O–H groups in total. The first-order valence-corrected chi connectivity index (χ1v) is 6.10. The number of aromatic nitrogens is 2. The van der Waals surface area contributed by atoms with Crippen LogP contribution in [0.4, 0.5) is 4.79 Å². The molecule has 18 heavy (non-hydrogen) atoms. The summed E-state index contributed by atoms with van der Waals surface area (Å²) in [7, 11) is 0. The fourth-order valence-electron chi connectivity index (χ4n) is 1.90. The first-order chi connectivity index (χ1) is 8.42. The van der Waals surface area contributed by atoms with Crippen LogP contribution in [0, 0.1) is 0 Å². The number of rotatable bonds is 1. The predicted octanol–water partition coefficient (Wildman–Crippen LogP) is 3.38. The zero-order chi connectivity index (χ0) is 13.3. The quantitative estimate of drug-likeness (QED) is 0.774. The molecule has 0 aliphatic carbocycles. The van der Waals surface area contributed by atoms with Crippen molar-refractivity contribution >= 4 is 17.0 Å². The number of ether oxygens (including phenoxy) is 1. The molecular formula is C14H18N2O2. The molecule has 4 nitrogen and oxygen atoms in total. The van der Waals surface area contributed by atoms with Crippen LogP contribution in [0.15, 0.2) is 24.5 Å². The summed E-state index contributed by atoms with van der Waals surface area (Å²) in [5.41, 5.74) is 1.29. The van der Waals surface area contributed by atoms with E-state index in [0.29, 0.717) is 0 Å². The summed E-state index contributed by atoms with van der Waals surface area (Å²) in [6.07, 6.45) is 3.88. The van der Waals surface area contributed by atoms with Gasteiger partial charge in [0.25, 0.3) is 0 Å². The zero-order valence-electron chi connectivity index (χ0n) is 11.2. The highest BCUT2D eigenvalue weighted by molar-refractivity contribution is 5.90. The number of carbonyl (C=O) groups excluding carboxylic acids is 1. The van der Waals surface area contributed by atoms with Gasteiger partial charge in [0.15, 0.2) is 0 Å². The molecule has 0 aliphatic heterocycles. The molecule has 0 bridgehead atoms. The summed E-state index contributed by atoms with van der Waals surface area (Å²) in [6.45, 7) is 7.61. The number of hydrogen-bond donors (Lipinski definition) is 0. The summed E-state index contributed by atoms with van der Waals surface area (Å²) >= 11 is 0. The van der Waals surface area contributed by atoms with E-state index >= 15 is 0 Å². The van der Waals surface area contributed by atoms with E-state index < -0.39 is 5.60 Å². The SMILES string of the molecule is CCc1cc2cnccc2n1C(=O)OC(C)(C)C. The third-order valence-electron chi connectivity index (χ3n) is 2.62. The van der Waals surface area contributed by atoms with Crippen LogP contribution in [0.5, 0.6) is 0 Å². The highest BCUT2D eigenvalue weighted by Crippen LogP contribution is 2.21. The Morgan fingerprint density at radius 2 is 2.17 bits per heavy atom. The molecule has 2 heterocycles. The minimum absolute atomic E-state index is 0.333. The number of nitrogens with zero attached hydrogens (tertiary/aromatic N) is 2. The van der Waals surface area contributed by atoms with E-state index in [1.54, 1.807) is 17.0 Å². The van der Waals surface area contributed by atoms with Crippen LogP contribution in [0.3, 0.4) is 0 Å². The third kappa shape index (κ3) is 2.37. The largest absolute Gasteiger partial charge is 0.443 e. The molecule has 0 radical (unpaired) electrons. The molecule has 0 atom stereocenters. The number of hydrogen-bond acceptors (Lipinski definition) is 3. The van der Waals surface area contributed by atoms with E-state index in [1.807, 2.05) is 39.8 Å². The van der Waals surface area contributed by atoms with Gasteiger partial charge in [0.05, 0.1) is 5.52 Å². The Bertz CT molecular complexity index is 579. The van der Waals surface area contributed by atoms with Crippen molar-refractivity contribution in [3.05, 3.63) is 30.2 Å². The second-order valence-corrected chi connectivity index (χ2v) is 5.24. The average molecular weight is 246 g/mol. The molecule has 0 saturated carbocycles. The van der Waals surface area contributed by atoms with E-state index in [1.165, 1.54) is 0 Å². The summed E-state index contributed by atoms with van der Waals surface area (Å²) in [6, 6.07) is 3.81. The Hall–Kier alpha value is -1.84. The van der Waals surface area contributed by atoms with E-state index in [-0.39, 0.29) is 6.09 Å². The summed E-state index contributed by atoms with van der Waals surface area (Å²) in [5.74, 6) is 0. The lowest BCUT2D eigenvalue weighted by Crippen LogP contribution is -2.27. The van der Waals surface area contributed by atoms with Gasteiger partial charge in [0.1, 0.15) is 5.60 Å². The van der Waals surface area contributed by atoms with Gasteiger partial charge in [0, 0.05) is 23.5 Å². The standard InChI is InChI=1S/C14H18N2O2/c1-5-11-8-10-9-15-7-6-12(10)16(11)13(17)18-14(2,3)4/h6-9H,5H2,1-4H3. The van der Waals surface area contributed by atoms with Gasteiger partial charge in [-0.05, 0) is 39.3 Å². The van der Waals surface area contributed by atoms with Crippen molar-refractivity contribution < 1.29 is 9.53 Å². The van der Waals surface area contributed by atoms with Crippen LogP contribution >= 0.6 is 0 Å². The monoisotopic (exact) mass is 246 g/mol. The maximum absolute atomic E-state index is 12.2. The van der Waals surface area contributed by atoms with Crippen molar-refractivity contribution in [3.63, 3.8) is 0 Å². The molecule has 2 aromatic heterocycles. The summed E-state index contributed by atoms with van der Waals surface area (Å²) < 4.78 is 7.06. The second kappa shape index (κ2) is 4.44. The Balaban J connectivity index is 2.51. The lowest BCUT2D eigenvalue weighted by Gasteiger charge is -2.20. The molecule has 0 aliphatic rings. The van der Waals surface area contributed by atoms with Crippen molar-refractivity contribution in [2.75, 3.05) is 0 Å². The third-order valence-corrected chi connectivity index (χ3v) is 2.62. The Morgan fingerprint density at radius 1 is 1.44 bits per heavy atom. The van der Waals surface area contributed by atoms with Gasteiger partial charge in [-0.15, -0.1) is 0 Å². The van der Waals surface area contributed by atoms with Gasteiger partial charge in [0.2, 0.25) is 0 Å². The van der Waals surface area contributed by atoms with Crippen LogP contribution in [0.1, 0.15) is 33.4 Å². The first-order valence-electron chi connectivity index (χ1n) is 6.10. The number of fused-ring (bicyclic) bond motifs is 1. The normalized spacial score (nSPS) is 11.8. The van der Waals surface area contributed by atoms with Crippen molar-refractivity contribution in [2.24, 2.45) is 0 Å². The Labute approximate surface area is 107 Å². The predicted molar refractivity (Wildman–Crippen MR) is 70.7 cm³/mol. The van der Waals surface area contributed by atoms with Crippen molar-refractivity contribution in [1.29, 1.82) is 0 Å². The summed E-state index contributed by atoms with van der Waals surface area (Å²) in [4.78, 5) is 16.3. The van der Waals surface area contributed by atoms with Crippen molar-refractivity contribution in [2.45, 2.75) is 39.7 Å². The number of aryl methyl sites for hydroxylation is 1. The van der Waals surface area contributed by atoms with Crippen molar-refractivity contribution in [3.8, 4) is 0 Å². The van der Waals surface area contributed by atoms with Crippen LogP contribution in [-0.4, -0.2) is 21.2 Å². The molecule has 2 aromatic rings. The van der Waals surface area contributed by atoms with E-state index in [0.717, 1.165) is 23.0 Å². The first kappa shape index (κ1) is 12.6. The Kier molecular flexibility index (Phi) is 3.11. The molecule has 0 fully saturated rings. The smallest absolute Gasteiger partial charge is 0.419 e. The van der Waals surface area contributed by atoms with Crippen LogP contribution in [0.2, 0.25) is 0 Å². The topological polar surface area (TPSA) is 44.1 Å². The maximum atomic E-state index is 12.2. The van der Waals surface area contributed by atoms with Crippen LogP contribution in [-0.2, 0) is 11.2 Å². The molecule has 0 spiro atoms. The lowest BCUT2D eigenvalue weighted by molar-refractivity contribution is 0.0540. The van der Waals surface area contributed by atoms with Gasteiger partial charge in [-0.2, -0.15) is 0 Å². The molecule has 4 heteroatoms. The highest BCUT2D eigenvalue weighted by Gasteiger charge is 2.21. The fourth-order valence-corrected chi connectivity index (χ4v) is 1.90. The fraction of sp³-hybridized carbons (Fsp3) is 0.429. The molecular weight excluding hydrogens is 228 g/mol. The minimum atomic E-state index is -0.494. The molecule has 0 saturated heterocycles. The molecule has 0 aromatic carbocycles. The molecule has 0 unspecified atom stereocenters. The van der Waals surface area contributed by atoms with Gasteiger partial charge in [-0.25, -0.2) is 9.36 Å². The molecule has 0 amide bonds. The second-order valence-electron chi connectivity index (χ2n) is 5.24. The van der Waals surface area contributed by atoms with Gasteiger partial charge >= 0.3 is 6.09 Å². The Morgan fingerprint density at radius 3 is 2.78 bits per heavy atom. The van der Waals surface area contributed by atoms with Gasteiger partial charge < -0.3 is 4.74 Å². The number of carbonyl (C=O) groups is 1. The van der Waals surface area contributed by atoms with Crippen molar-refractivity contribution in [1.82, 2.24) is 9.55 Å². The lowest BCUT2D eigenvalue weighted by atomic mass is 10.2. The van der Waals surface area contributed by atoms with Gasteiger partial charge in [-0.3, -0.25) is 4.98 Å². The molecule has 96 valence electrons. The van der Waals surface area contributed by atoms with E-state index in [2.05, 4.69) is 4.98 Å². The van der Waals surface area contributed by atoms with Crippen LogP contribution in [0.25, 0.3) is 10.9 Å². The molecule has 2 rings (SSSR count).